The lowest BCUT2D eigenvalue weighted by Gasteiger charge is -2.11. The molecule has 2 rings (SSSR count). The van der Waals surface area contributed by atoms with Gasteiger partial charge in [0.05, 0.1) is 19.4 Å². The Morgan fingerprint density at radius 3 is 2.95 bits per heavy atom. The fourth-order valence-corrected chi connectivity index (χ4v) is 2.65. The van der Waals surface area contributed by atoms with Crippen LogP contribution in [0.15, 0.2) is 29.7 Å². The first kappa shape index (κ1) is 15.4. The maximum atomic E-state index is 10.7. The molecule has 6 nitrogen and oxygen atoms in total. The Kier molecular flexibility index (Phi) is 5.21. The van der Waals surface area contributed by atoms with Gasteiger partial charge in [0.1, 0.15) is 0 Å². The van der Waals surface area contributed by atoms with Gasteiger partial charge in [0.15, 0.2) is 5.16 Å². The Hall–Kier alpha value is -2.02. The molecule has 0 unspecified atom stereocenters. The van der Waals surface area contributed by atoms with Crippen molar-refractivity contribution < 1.29 is 14.6 Å². The topological polar surface area (TPSA) is 77.2 Å². The predicted octanol–water partition coefficient (Wildman–Crippen LogP) is 2.07. The number of carboxylic acids is 1. The lowest BCUT2D eigenvalue weighted by molar-refractivity contribution is -0.133. The van der Waals surface area contributed by atoms with Crippen molar-refractivity contribution in [2.24, 2.45) is 0 Å². The number of imidazole rings is 1. The summed E-state index contributed by atoms with van der Waals surface area (Å²) in [5, 5.41) is 9.52. The van der Waals surface area contributed by atoms with Crippen LogP contribution in [0, 0.1) is 0 Å². The van der Waals surface area contributed by atoms with E-state index in [1.165, 1.54) is 11.8 Å². The van der Waals surface area contributed by atoms with Crippen LogP contribution >= 0.6 is 11.8 Å². The Balaban J connectivity index is 2.24. The molecule has 1 N–H and O–H groups in total. The van der Waals surface area contributed by atoms with Crippen LogP contribution in [0.25, 0.3) is 0 Å². The molecule has 21 heavy (non-hydrogen) atoms. The van der Waals surface area contributed by atoms with Crippen molar-refractivity contribution >= 4 is 17.7 Å². The van der Waals surface area contributed by atoms with Gasteiger partial charge in [-0.15, -0.1) is 0 Å². The van der Waals surface area contributed by atoms with Crippen molar-refractivity contribution in [3.05, 3.63) is 35.8 Å². The van der Waals surface area contributed by atoms with Crippen LogP contribution in [0.4, 0.5) is 0 Å². The van der Waals surface area contributed by atoms with Crippen LogP contribution in [-0.4, -0.2) is 38.5 Å². The molecule has 7 heteroatoms. The summed E-state index contributed by atoms with van der Waals surface area (Å²) in [7, 11) is 1.58. The zero-order chi connectivity index (χ0) is 15.2. The smallest absolute Gasteiger partial charge is 0.313 e. The molecule has 2 aromatic heterocycles. The summed E-state index contributed by atoms with van der Waals surface area (Å²) < 4.78 is 7.15. The van der Waals surface area contributed by atoms with Crippen molar-refractivity contribution in [2.75, 3.05) is 12.9 Å². The van der Waals surface area contributed by atoms with Crippen LogP contribution in [0.5, 0.6) is 5.88 Å². The zero-order valence-electron chi connectivity index (χ0n) is 11.9. The van der Waals surface area contributed by atoms with Crippen LogP contribution in [0.3, 0.4) is 0 Å². The van der Waals surface area contributed by atoms with Gasteiger partial charge in [0.25, 0.3) is 0 Å². The first-order chi connectivity index (χ1) is 10.1. The third-order valence-electron chi connectivity index (χ3n) is 2.94. The van der Waals surface area contributed by atoms with Gasteiger partial charge in [-0.3, -0.25) is 4.79 Å². The number of hydrogen-bond donors (Lipinski definition) is 1. The Morgan fingerprint density at radius 2 is 2.29 bits per heavy atom. The fourth-order valence-electron chi connectivity index (χ4n) is 1.93. The molecule has 0 saturated carbocycles. The maximum Gasteiger partial charge on any atom is 0.313 e. The molecule has 0 aromatic carbocycles. The van der Waals surface area contributed by atoms with Gasteiger partial charge in [-0.25, -0.2) is 9.97 Å². The number of ether oxygens (including phenoxy) is 1. The molecule has 0 atom stereocenters. The molecule has 0 spiro atoms. The molecule has 0 aliphatic rings. The second-order valence-electron chi connectivity index (χ2n) is 4.36. The minimum atomic E-state index is -0.849. The van der Waals surface area contributed by atoms with Gasteiger partial charge in [-0.1, -0.05) is 18.7 Å². The highest BCUT2D eigenvalue weighted by Crippen LogP contribution is 2.21. The van der Waals surface area contributed by atoms with Crippen molar-refractivity contribution in [2.45, 2.75) is 25.0 Å². The summed E-state index contributed by atoms with van der Waals surface area (Å²) in [5.74, 6) is -0.289. The highest BCUT2D eigenvalue weighted by molar-refractivity contribution is 7.99. The number of carbonyl (C=O) groups is 1. The molecule has 2 heterocycles. The van der Waals surface area contributed by atoms with E-state index in [2.05, 4.69) is 9.97 Å². The molecule has 0 amide bonds. The van der Waals surface area contributed by atoms with Crippen LogP contribution in [-0.2, 0) is 17.8 Å². The number of thioether (sulfide) groups is 1. The molecule has 0 saturated heterocycles. The monoisotopic (exact) mass is 307 g/mol. The molecular formula is C14H17N3O3S. The van der Waals surface area contributed by atoms with Crippen molar-refractivity contribution in [1.82, 2.24) is 14.5 Å². The van der Waals surface area contributed by atoms with Crippen molar-refractivity contribution in [3.63, 3.8) is 0 Å². The van der Waals surface area contributed by atoms with E-state index in [0.717, 1.165) is 17.7 Å². The molecule has 0 bridgehead atoms. The second-order valence-corrected chi connectivity index (χ2v) is 5.30. The second kappa shape index (κ2) is 7.12. The lowest BCUT2D eigenvalue weighted by Crippen LogP contribution is -2.07. The van der Waals surface area contributed by atoms with E-state index in [0.29, 0.717) is 17.6 Å². The molecular weight excluding hydrogens is 290 g/mol. The molecule has 0 fully saturated rings. The van der Waals surface area contributed by atoms with E-state index >= 15 is 0 Å². The van der Waals surface area contributed by atoms with Gasteiger partial charge in [-0.05, 0) is 18.1 Å². The van der Waals surface area contributed by atoms with Crippen molar-refractivity contribution in [3.8, 4) is 5.88 Å². The Morgan fingerprint density at radius 1 is 1.48 bits per heavy atom. The number of methoxy groups -OCH3 is 1. The number of carboxylic acid groups (broad SMARTS) is 1. The van der Waals surface area contributed by atoms with E-state index in [1.54, 1.807) is 19.5 Å². The average molecular weight is 307 g/mol. The van der Waals surface area contributed by atoms with E-state index in [-0.39, 0.29) is 5.75 Å². The zero-order valence-corrected chi connectivity index (χ0v) is 12.8. The minimum Gasteiger partial charge on any atom is -0.481 e. The summed E-state index contributed by atoms with van der Waals surface area (Å²) in [5.41, 5.74) is 2.10. The van der Waals surface area contributed by atoms with Crippen molar-refractivity contribution in [1.29, 1.82) is 0 Å². The number of pyridine rings is 1. The summed E-state index contributed by atoms with van der Waals surface area (Å²) in [6.07, 6.45) is 4.33. The number of nitrogens with zero attached hydrogens (tertiary/aromatic N) is 3. The molecule has 0 aliphatic heterocycles. The summed E-state index contributed by atoms with van der Waals surface area (Å²) >= 11 is 1.23. The first-order valence-corrected chi connectivity index (χ1v) is 7.50. The van der Waals surface area contributed by atoms with E-state index in [4.69, 9.17) is 9.84 Å². The summed E-state index contributed by atoms with van der Waals surface area (Å²) in [6, 6.07) is 3.78. The highest BCUT2D eigenvalue weighted by Gasteiger charge is 2.12. The van der Waals surface area contributed by atoms with Gasteiger partial charge in [-0.2, -0.15) is 0 Å². The molecule has 0 radical (unpaired) electrons. The number of aliphatic carboxylic acids is 1. The number of aryl methyl sites for hydroxylation is 1. The van der Waals surface area contributed by atoms with Crippen LogP contribution < -0.4 is 4.74 Å². The van der Waals surface area contributed by atoms with E-state index < -0.39 is 5.97 Å². The fraction of sp³-hybridized carbons (Fsp3) is 0.357. The molecule has 2 aromatic rings. The van der Waals surface area contributed by atoms with Crippen LogP contribution in [0.2, 0.25) is 0 Å². The van der Waals surface area contributed by atoms with Gasteiger partial charge < -0.3 is 14.4 Å². The number of aromatic nitrogens is 3. The Bertz CT molecular complexity index is 628. The average Bonchev–Trinajstić information content (AvgIpc) is 2.87. The summed E-state index contributed by atoms with van der Waals surface area (Å²) in [6.45, 7) is 2.66. The Labute approximate surface area is 127 Å². The van der Waals surface area contributed by atoms with E-state index in [9.17, 15) is 4.79 Å². The minimum absolute atomic E-state index is 0.000165. The third-order valence-corrected chi connectivity index (χ3v) is 3.91. The largest absolute Gasteiger partial charge is 0.481 e. The number of rotatable bonds is 7. The summed E-state index contributed by atoms with van der Waals surface area (Å²) in [4.78, 5) is 19.1. The normalized spacial score (nSPS) is 10.6. The SMILES string of the molecule is CCc1cnc(SCC(=O)O)n1Cc1ccnc(OC)c1. The van der Waals surface area contributed by atoms with Crippen LogP contribution in [0.1, 0.15) is 18.2 Å². The van der Waals surface area contributed by atoms with Gasteiger partial charge >= 0.3 is 5.97 Å². The predicted molar refractivity (Wildman–Crippen MR) is 79.9 cm³/mol. The first-order valence-electron chi connectivity index (χ1n) is 6.52. The van der Waals surface area contributed by atoms with Gasteiger partial charge in [0.2, 0.25) is 5.88 Å². The third kappa shape index (κ3) is 3.98. The highest BCUT2D eigenvalue weighted by atomic mass is 32.2. The quantitative estimate of drug-likeness (QED) is 0.789. The lowest BCUT2D eigenvalue weighted by atomic mass is 10.2. The van der Waals surface area contributed by atoms with E-state index in [1.807, 2.05) is 23.6 Å². The standard InChI is InChI=1S/C14H17N3O3S/c1-3-11-7-16-14(21-9-13(18)19)17(11)8-10-4-5-15-12(6-10)20-2/h4-7H,3,8-9H2,1-2H3,(H,18,19). The number of hydrogen-bond acceptors (Lipinski definition) is 5. The molecule has 0 aliphatic carbocycles. The molecule has 112 valence electrons. The maximum absolute atomic E-state index is 10.7. The van der Waals surface area contributed by atoms with Gasteiger partial charge in [0, 0.05) is 24.2 Å².